The summed E-state index contributed by atoms with van der Waals surface area (Å²) in [5, 5.41) is 0. The van der Waals surface area contributed by atoms with E-state index >= 15 is 0 Å². The second-order valence-electron chi connectivity index (χ2n) is 8.40. The number of esters is 1. The van der Waals surface area contributed by atoms with E-state index in [0.717, 1.165) is 12.8 Å². The lowest BCUT2D eigenvalue weighted by Crippen LogP contribution is -2.42. The van der Waals surface area contributed by atoms with Gasteiger partial charge in [-0.2, -0.15) is 0 Å². The second-order valence-corrected chi connectivity index (χ2v) is 10.4. The van der Waals surface area contributed by atoms with E-state index in [2.05, 4.69) is 20.8 Å². The first-order valence-electron chi connectivity index (χ1n) is 9.24. The molecule has 3 rings (SSSR count). The van der Waals surface area contributed by atoms with Gasteiger partial charge in [0.1, 0.15) is 6.10 Å². The summed E-state index contributed by atoms with van der Waals surface area (Å²) in [6, 6.07) is 8.56. The second kappa shape index (κ2) is 6.52. The van der Waals surface area contributed by atoms with Gasteiger partial charge in [0, 0.05) is 17.4 Å². The molecule has 0 aliphatic heterocycles. The molecule has 0 amide bonds. The molecule has 0 spiro atoms. The van der Waals surface area contributed by atoms with Crippen LogP contribution >= 0.6 is 0 Å². The first kappa shape index (κ1) is 19.2. The molecule has 2 bridgehead atoms. The highest BCUT2D eigenvalue weighted by atomic mass is 32.2. The number of benzene rings is 1. The lowest BCUT2D eigenvalue weighted by Gasteiger charge is -2.39. The molecule has 4 nitrogen and oxygen atoms in total. The number of carbonyl (C=O) groups excluding carboxylic acids is 1. The quantitative estimate of drug-likeness (QED) is 0.575. The van der Waals surface area contributed by atoms with E-state index in [1.165, 1.54) is 6.08 Å². The fourth-order valence-electron chi connectivity index (χ4n) is 5.20. The summed E-state index contributed by atoms with van der Waals surface area (Å²) in [6.07, 6.45) is 4.62. The first-order valence-corrected chi connectivity index (χ1v) is 10.9. The van der Waals surface area contributed by atoms with Crippen LogP contribution in [-0.2, 0) is 19.4 Å². The molecule has 0 heterocycles. The topological polar surface area (TPSA) is 60.4 Å². The van der Waals surface area contributed by atoms with Crippen LogP contribution in [0.1, 0.15) is 40.5 Å². The highest BCUT2D eigenvalue weighted by Gasteiger charge is 2.68. The molecule has 26 heavy (non-hydrogen) atoms. The standard InChI is InChI=1S/C21H28O4S/c1-5-9-18(22)25-19-16(17-12-13-21(19,4)20(17,2)3)14-26(23,24)15-10-7-6-8-11-15/h5-11,16-17,19H,12-14H2,1-4H3/b9-5+/t16-,17+,19-,21-/m0/s1. The Labute approximate surface area is 156 Å². The maximum absolute atomic E-state index is 13.0. The number of carbonyl (C=O) groups is 1. The lowest BCUT2D eigenvalue weighted by atomic mass is 9.70. The molecule has 5 heteroatoms. The molecule has 2 aliphatic carbocycles. The minimum atomic E-state index is -3.43. The molecule has 1 aromatic carbocycles. The van der Waals surface area contributed by atoms with Crippen LogP contribution in [0.5, 0.6) is 0 Å². The molecule has 0 unspecified atom stereocenters. The van der Waals surface area contributed by atoms with Crippen molar-refractivity contribution in [2.24, 2.45) is 22.7 Å². The summed E-state index contributed by atoms with van der Waals surface area (Å²) in [7, 11) is -3.43. The van der Waals surface area contributed by atoms with Crippen LogP contribution in [0, 0.1) is 22.7 Å². The van der Waals surface area contributed by atoms with Crippen LogP contribution in [0.2, 0.25) is 0 Å². The molecule has 2 aliphatic rings. The highest BCUT2D eigenvalue weighted by Crippen LogP contribution is 2.68. The number of allylic oxidation sites excluding steroid dienone is 1. The van der Waals surface area contributed by atoms with E-state index in [0.29, 0.717) is 4.90 Å². The van der Waals surface area contributed by atoms with E-state index in [9.17, 15) is 13.2 Å². The van der Waals surface area contributed by atoms with Crippen LogP contribution in [0.25, 0.3) is 0 Å². The number of sulfone groups is 1. The van der Waals surface area contributed by atoms with Gasteiger partial charge in [0.15, 0.2) is 9.84 Å². The van der Waals surface area contributed by atoms with Crippen molar-refractivity contribution in [3.8, 4) is 0 Å². The fraction of sp³-hybridized carbons (Fsp3) is 0.571. The Hall–Kier alpha value is -1.62. The van der Waals surface area contributed by atoms with Gasteiger partial charge in [-0.3, -0.25) is 0 Å². The minimum absolute atomic E-state index is 0.0223. The van der Waals surface area contributed by atoms with Gasteiger partial charge in [0.05, 0.1) is 10.6 Å². The van der Waals surface area contributed by atoms with Crippen molar-refractivity contribution in [2.75, 3.05) is 5.75 Å². The Balaban J connectivity index is 1.95. The van der Waals surface area contributed by atoms with Crippen LogP contribution in [-0.4, -0.2) is 26.2 Å². The summed E-state index contributed by atoms with van der Waals surface area (Å²) in [4.78, 5) is 12.5. The van der Waals surface area contributed by atoms with Gasteiger partial charge in [0.2, 0.25) is 0 Å². The third-order valence-electron chi connectivity index (χ3n) is 6.97. The van der Waals surface area contributed by atoms with E-state index < -0.39 is 9.84 Å². The van der Waals surface area contributed by atoms with Crippen LogP contribution in [0.4, 0.5) is 0 Å². The van der Waals surface area contributed by atoms with Gasteiger partial charge >= 0.3 is 5.97 Å². The predicted octanol–water partition coefficient (Wildman–Crippen LogP) is 4.02. The monoisotopic (exact) mass is 376 g/mol. The molecular weight excluding hydrogens is 348 g/mol. The number of fused-ring (bicyclic) bond motifs is 2. The molecule has 2 saturated carbocycles. The van der Waals surface area contributed by atoms with E-state index in [1.807, 2.05) is 6.07 Å². The van der Waals surface area contributed by atoms with Gasteiger partial charge in [-0.1, -0.05) is 45.0 Å². The van der Waals surface area contributed by atoms with Crippen molar-refractivity contribution in [1.82, 2.24) is 0 Å². The molecule has 142 valence electrons. The third kappa shape index (κ3) is 2.90. The Morgan fingerprint density at radius 1 is 1.23 bits per heavy atom. The number of hydrogen-bond acceptors (Lipinski definition) is 4. The lowest BCUT2D eigenvalue weighted by molar-refractivity contribution is -0.153. The number of ether oxygens (including phenoxy) is 1. The fourth-order valence-corrected chi connectivity index (χ4v) is 6.88. The average molecular weight is 377 g/mol. The van der Waals surface area contributed by atoms with Crippen molar-refractivity contribution >= 4 is 15.8 Å². The summed E-state index contributed by atoms with van der Waals surface area (Å²) < 4.78 is 31.8. The molecule has 0 N–H and O–H groups in total. The number of rotatable bonds is 5. The van der Waals surface area contributed by atoms with Crippen LogP contribution in [0.3, 0.4) is 0 Å². The van der Waals surface area contributed by atoms with Gasteiger partial charge in [-0.05, 0) is 43.2 Å². The zero-order valence-electron chi connectivity index (χ0n) is 15.9. The largest absolute Gasteiger partial charge is 0.458 e. The Kier molecular flexibility index (Phi) is 4.80. The van der Waals surface area contributed by atoms with Crippen molar-refractivity contribution < 1.29 is 17.9 Å². The molecular formula is C21H28O4S. The van der Waals surface area contributed by atoms with Crippen LogP contribution in [0.15, 0.2) is 47.4 Å². The van der Waals surface area contributed by atoms with Crippen LogP contribution < -0.4 is 0 Å². The molecule has 4 atom stereocenters. The Morgan fingerprint density at radius 2 is 1.88 bits per heavy atom. The van der Waals surface area contributed by atoms with E-state index in [-0.39, 0.29) is 40.5 Å². The first-order chi connectivity index (χ1) is 12.1. The molecule has 0 radical (unpaired) electrons. The Morgan fingerprint density at radius 3 is 2.50 bits per heavy atom. The maximum atomic E-state index is 13.0. The van der Waals surface area contributed by atoms with Gasteiger partial charge in [0.25, 0.3) is 0 Å². The average Bonchev–Trinajstić information content (AvgIpc) is 2.89. The summed E-state index contributed by atoms with van der Waals surface area (Å²) >= 11 is 0. The van der Waals surface area contributed by atoms with Gasteiger partial charge in [-0.15, -0.1) is 0 Å². The number of hydrogen-bond donors (Lipinski definition) is 0. The third-order valence-corrected chi connectivity index (χ3v) is 8.78. The zero-order chi connectivity index (χ0) is 19.2. The van der Waals surface area contributed by atoms with Gasteiger partial charge < -0.3 is 4.74 Å². The van der Waals surface area contributed by atoms with E-state index in [4.69, 9.17) is 4.74 Å². The highest BCUT2D eigenvalue weighted by molar-refractivity contribution is 7.91. The SMILES string of the molecule is C/C=C/C(=O)O[C@H]1[C@@H](CS(=O)(=O)c2ccccc2)[C@H]2CC[C@]1(C)C2(C)C. The molecule has 0 aromatic heterocycles. The van der Waals surface area contributed by atoms with Crippen molar-refractivity contribution in [3.63, 3.8) is 0 Å². The van der Waals surface area contributed by atoms with Crippen molar-refractivity contribution in [3.05, 3.63) is 42.5 Å². The summed E-state index contributed by atoms with van der Waals surface area (Å²) in [5.74, 6) is -0.309. The summed E-state index contributed by atoms with van der Waals surface area (Å²) in [6.45, 7) is 8.30. The van der Waals surface area contributed by atoms with E-state index in [1.54, 1.807) is 37.3 Å². The maximum Gasteiger partial charge on any atom is 0.330 e. The molecule has 2 fully saturated rings. The van der Waals surface area contributed by atoms with Gasteiger partial charge in [-0.25, -0.2) is 13.2 Å². The zero-order valence-corrected chi connectivity index (χ0v) is 16.8. The smallest absolute Gasteiger partial charge is 0.330 e. The van der Waals surface area contributed by atoms with Crippen molar-refractivity contribution in [2.45, 2.75) is 51.5 Å². The normalized spacial score (nSPS) is 32.8. The van der Waals surface area contributed by atoms with Crippen molar-refractivity contribution in [1.29, 1.82) is 0 Å². The minimum Gasteiger partial charge on any atom is -0.458 e. The molecule has 0 saturated heterocycles. The molecule has 1 aromatic rings. The predicted molar refractivity (Wildman–Crippen MR) is 101 cm³/mol. The summed E-state index contributed by atoms with van der Waals surface area (Å²) in [5.41, 5.74) is -0.267. The Bertz CT molecular complexity index is 810.